The van der Waals surface area contributed by atoms with Crippen molar-refractivity contribution in [1.82, 2.24) is 5.32 Å². The molecule has 5 nitrogen and oxygen atoms in total. The van der Waals surface area contributed by atoms with Gasteiger partial charge in [-0.2, -0.15) is 0 Å². The molecule has 0 bridgehead atoms. The highest BCUT2D eigenvalue weighted by molar-refractivity contribution is 5.76. The van der Waals surface area contributed by atoms with Gasteiger partial charge < -0.3 is 20.6 Å². The van der Waals surface area contributed by atoms with Crippen molar-refractivity contribution in [1.29, 1.82) is 0 Å². The Balaban J connectivity index is 3.56. The van der Waals surface area contributed by atoms with Crippen molar-refractivity contribution < 1.29 is 20.1 Å². The van der Waals surface area contributed by atoms with Crippen LogP contribution in [0.25, 0.3) is 0 Å². The molecule has 0 saturated heterocycles. The van der Waals surface area contributed by atoms with Crippen LogP contribution in [-0.2, 0) is 4.79 Å². The lowest BCUT2D eigenvalue weighted by atomic mass is 9.99. The zero-order chi connectivity index (χ0) is 35.9. The molecule has 294 valence electrons. The van der Waals surface area contributed by atoms with Gasteiger partial charge in [0.15, 0.2) is 0 Å². The Kier molecular flexibility index (Phi) is 39.6. The van der Waals surface area contributed by atoms with E-state index in [0.717, 1.165) is 32.1 Å². The number of carbonyl (C=O) groups excluding carboxylic acids is 1. The fourth-order valence-electron chi connectivity index (χ4n) is 7.22. The van der Waals surface area contributed by atoms with Crippen molar-refractivity contribution in [2.24, 2.45) is 0 Å². The Morgan fingerprint density at radius 1 is 0.429 bits per heavy atom. The summed E-state index contributed by atoms with van der Waals surface area (Å²) in [6, 6.07) is -0.802. The molecule has 0 aromatic carbocycles. The molecule has 0 aliphatic heterocycles. The third kappa shape index (κ3) is 35.5. The zero-order valence-electron chi connectivity index (χ0n) is 33.4. The van der Waals surface area contributed by atoms with Gasteiger partial charge in [-0.15, -0.1) is 0 Å². The summed E-state index contributed by atoms with van der Waals surface area (Å²) in [4.78, 5) is 12.4. The number of amides is 1. The minimum atomic E-state index is -1.13. The Morgan fingerprint density at radius 3 is 0.980 bits per heavy atom. The molecule has 49 heavy (non-hydrogen) atoms. The Morgan fingerprint density at radius 2 is 0.694 bits per heavy atom. The quantitative estimate of drug-likeness (QED) is 0.0479. The number of rotatable bonds is 41. The van der Waals surface area contributed by atoms with E-state index in [-0.39, 0.29) is 12.5 Å². The van der Waals surface area contributed by atoms with Crippen molar-refractivity contribution in [2.75, 3.05) is 6.61 Å². The number of unbranched alkanes of at least 4 members (excludes halogenated alkanes) is 33. The molecule has 4 N–H and O–H groups in total. The molecule has 5 heteroatoms. The third-order valence-electron chi connectivity index (χ3n) is 10.7. The zero-order valence-corrected chi connectivity index (χ0v) is 33.4. The van der Waals surface area contributed by atoms with Gasteiger partial charge in [0.25, 0.3) is 0 Å². The van der Waals surface area contributed by atoms with Crippen molar-refractivity contribution >= 4 is 5.91 Å². The standard InChI is InChI=1S/C44H89NO4/c1-3-5-7-9-11-13-15-17-19-20-21-22-23-24-25-26-28-30-32-34-36-38-42(47)44(49)41(40-46)45-43(48)39-37-35-33-31-29-27-18-16-14-12-10-8-6-4-2/h41-42,44,46-47,49H,3-40H2,1-2H3,(H,45,48). The van der Waals surface area contributed by atoms with E-state index in [1.54, 1.807) is 0 Å². The molecule has 0 spiro atoms. The van der Waals surface area contributed by atoms with Gasteiger partial charge in [-0.3, -0.25) is 4.79 Å². The van der Waals surface area contributed by atoms with E-state index in [1.165, 1.54) is 193 Å². The van der Waals surface area contributed by atoms with Crippen LogP contribution in [-0.4, -0.2) is 46.1 Å². The second kappa shape index (κ2) is 40.1. The van der Waals surface area contributed by atoms with Gasteiger partial charge in [0, 0.05) is 6.42 Å². The van der Waals surface area contributed by atoms with Crippen LogP contribution < -0.4 is 5.32 Å². The largest absolute Gasteiger partial charge is 0.394 e. The van der Waals surface area contributed by atoms with Gasteiger partial charge in [-0.1, -0.05) is 232 Å². The second-order valence-electron chi connectivity index (χ2n) is 15.6. The Hall–Kier alpha value is -0.650. The van der Waals surface area contributed by atoms with Crippen molar-refractivity contribution in [3.05, 3.63) is 0 Å². The highest BCUT2D eigenvalue weighted by atomic mass is 16.3. The van der Waals surface area contributed by atoms with E-state index in [0.29, 0.717) is 12.8 Å². The molecule has 0 aliphatic carbocycles. The number of aliphatic hydroxyl groups excluding tert-OH is 3. The predicted molar refractivity (Wildman–Crippen MR) is 213 cm³/mol. The molecule has 0 saturated carbocycles. The summed E-state index contributed by atoms with van der Waals surface area (Å²) in [6.45, 7) is 4.20. The van der Waals surface area contributed by atoms with Crippen LogP contribution in [0.5, 0.6) is 0 Å². The van der Waals surface area contributed by atoms with E-state index in [9.17, 15) is 20.1 Å². The maximum Gasteiger partial charge on any atom is 0.220 e. The average molecular weight is 696 g/mol. The minimum absolute atomic E-state index is 0.140. The molecule has 3 atom stereocenters. The van der Waals surface area contributed by atoms with Crippen LogP contribution >= 0.6 is 0 Å². The first-order valence-electron chi connectivity index (χ1n) is 22.3. The molecule has 0 radical (unpaired) electrons. The van der Waals surface area contributed by atoms with Crippen molar-refractivity contribution in [2.45, 2.75) is 270 Å². The van der Waals surface area contributed by atoms with Crippen molar-refractivity contribution in [3.63, 3.8) is 0 Å². The Bertz CT molecular complexity index is 644. The molecule has 1 amide bonds. The topological polar surface area (TPSA) is 89.8 Å². The van der Waals surface area contributed by atoms with Gasteiger partial charge in [0.1, 0.15) is 6.10 Å². The smallest absolute Gasteiger partial charge is 0.220 e. The molecule has 0 heterocycles. The predicted octanol–water partition coefficient (Wildman–Crippen LogP) is 12.7. The summed E-state index contributed by atoms with van der Waals surface area (Å²) in [7, 11) is 0. The molecule has 0 aromatic rings. The maximum atomic E-state index is 12.4. The number of nitrogens with one attached hydrogen (secondary N) is 1. The molecule has 0 fully saturated rings. The summed E-state index contributed by atoms with van der Waals surface area (Å²) in [5.41, 5.74) is 0. The highest BCUT2D eigenvalue weighted by Gasteiger charge is 2.26. The average Bonchev–Trinajstić information content (AvgIpc) is 3.10. The van der Waals surface area contributed by atoms with E-state index in [1.807, 2.05) is 0 Å². The van der Waals surface area contributed by atoms with Crippen LogP contribution in [0.4, 0.5) is 0 Å². The van der Waals surface area contributed by atoms with Crippen LogP contribution in [0.15, 0.2) is 0 Å². The summed E-state index contributed by atoms with van der Waals surface area (Å²) >= 11 is 0. The Labute approximate surface area is 307 Å². The summed E-state index contributed by atoms with van der Waals surface area (Å²) in [5, 5.41) is 33.6. The van der Waals surface area contributed by atoms with Gasteiger partial charge in [-0.05, 0) is 12.8 Å². The molecule has 0 aromatic heterocycles. The van der Waals surface area contributed by atoms with Crippen LogP contribution in [0, 0.1) is 0 Å². The number of aliphatic hydroxyl groups is 3. The van der Waals surface area contributed by atoms with Crippen molar-refractivity contribution in [3.8, 4) is 0 Å². The summed E-state index contributed by atoms with van der Waals surface area (Å²) in [5.74, 6) is -0.140. The SMILES string of the molecule is CCCCCCCCCCCCCCCCCCCCCCCC(O)C(O)C(CO)NC(=O)CCCCCCCCCCCCCCCC. The maximum absolute atomic E-state index is 12.4. The van der Waals surface area contributed by atoms with Gasteiger partial charge in [0.05, 0.1) is 18.8 Å². The third-order valence-corrected chi connectivity index (χ3v) is 10.7. The lowest BCUT2D eigenvalue weighted by Crippen LogP contribution is -2.50. The van der Waals surface area contributed by atoms with Crippen LogP contribution in [0.2, 0.25) is 0 Å². The van der Waals surface area contributed by atoms with Crippen LogP contribution in [0.1, 0.15) is 251 Å². The van der Waals surface area contributed by atoms with Crippen LogP contribution in [0.3, 0.4) is 0 Å². The molecular weight excluding hydrogens is 606 g/mol. The number of carbonyl (C=O) groups is 1. The number of hydrogen-bond donors (Lipinski definition) is 4. The molecular formula is C44H89NO4. The lowest BCUT2D eigenvalue weighted by molar-refractivity contribution is -0.124. The fourth-order valence-corrected chi connectivity index (χ4v) is 7.22. The summed E-state index contributed by atoms with van der Waals surface area (Å²) in [6.07, 6.45) is 45.0. The first-order chi connectivity index (χ1) is 24.1. The fraction of sp³-hybridized carbons (Fsp3) is 0.977. The monoisotopic (exact) mass is 696 g/mol. The second-order valence-corrected chi connectivity index (χ2v) is 15.6. The highest BCUT2D eigenvalue weighted by Crippen LogP contribution is 2.17. The molecule has 0 aliphatic rings. The lowest BCUT2D eigenvalue weighted by Gasteiger charge is -2.26. The van der Waals surface area contributed by atoms with E-state index in [2.05, 4.69) is 19.2 Å². The van der Waals surface area contributed by atoms with Gasteiger partial charge in [0.2, 0.25) is 5.91 Å². The first-order valence-corrected chi connectivity index (χ1v) is 22.3. The first kappa shape index (κ1) is 48.3. The minimum Gasteiger partial charge on any atom is -0.394 e. The van der Waals surface area contributed by atoms with E-state index in [4.69, 9.17) is 0 Å². The van der Waals surface area contributed by atoms with E-state index >= 15 is 0 Å². The van der Waals surface area contributed by atoms with Gasteiger partial charge in [-0.25, -0.2) is 0 Å². The molecule has 3 unspecified atom stereocenters. The normalized spacial score (nSPS) is 13.5. The molecule has 0 rings (SSSR count). The summed E-state index contributed by atoms with van der Waals surface area (Å²) < 4.78 is 0. The van der Waals surface area contributed by atoms with Gasteiger partial charge >= 0.3 is 0 Å². The van der Waals surface area contributed by atoms with E-state index < -0.39 is 18.2 Å². The number of hydrogen-bond acceptors (Lipinski definition) is 4.